The van der Waals surface area contributed by atoms with Crippen molar-refractivity contribution in [2.45, 2.75) is 25.8 Å². The number of hydrogen-bond acceptors (Lipinski definition) is 3. The van der Waals surface area contributed by atoms with Gasteiger partial charge in [0.1, 0.15) is 0 Å². The van der Waals surface area contributed by atoms with Gasteiger partial charge in [0.15, 0.2) is 0 Å². The third-order valence-electron chi connectivity index (χ3n) is 3.41. The van der Waals surface area contributed by atoms with Gasteiger partial charge in [-0.05, 0) is 24.0 Å². The maximum Gasteiger partial charge on any atom is 0.214 e. The lowest BCUT2D eigenvalue weighted by molar-refractivity contribution is 0.313. The highest BCUT2D eigenvalue weighted by atomic mass is 32.2. The Hall–Kier alpha value is -0.910. The van der Waals surface area contributed by atoms with Crippen LogP contribution in [-0.4, -0.2) is 31.6 Å². The van der Waals surface area contributed by atoms with E-state index in [1.54, 1.807) is 4.31 Å². The van der Waals surface area contributed by atoms with Crippen molar-refractivity contribution in [1.29, 1.82) is 0 Å². The van der Waals surface area contributed by atoms with Crippen LogP contribution in [-0.2, 0) is 16.4 Å². The monoisotopic (exact) mass is 268 g/mol. The molecule has 0 radical (unpaired) electrons. The molecule has 1 aliphatic heterocycles. The Kier molecular flexibility index (Phi) is 4.04. The number of benzene rings is 1. The van der Waals surface area contributed by atoms with Crippen molar-refractivity contribution in [3.8, 4) is 0 Å². The molecule has 1 heterocycles. The summed E-state index contributed by atoms with van der Waals surface area (Å²) in [6.45, 7) is 2.76. The predicted octanol–water partition coefficient (Wildman–Crippen LogP) is 1.28. The summed E-state index contributed by atoms with van der Waals surface area (Å²) in [7, 11) is -3.18. The Labute approximate surface area is 109 Å². The van der Waals surface area contributed by atoms with E-state index in [-0.39, 0.29) is 11.8 Å². The molecule has 1 aromatic carbocycles. The summed E-state index contributed by atoms with van der Waals surface area (Å²) >= 11 is 0. The Morgan fingerprint density at radius 2 is 2.11 bits per heavy atom. The number of fused-ring (bicyclic) bond motifs is 1. The van der Waals surface area contributed by atoms with Gasteiger partial charge in [0.25, 0.3) is 0 Å². The Bertz CT molecular complexity index is 513. The molecule has 0 amide bonds. The van der Waals surface area contributed by atoms with Gasteiger partial charge in [-0.2, -0.15) is 4.31 Å². The van der Waals surface area contributed by atoms with E-state index in [0.717, 1.165) is 12.0 Å². The molecule has 0 aromatic heterocycles. The molecule has 1 aromatic rings. The van der Waals surface area contributed by atoms with Gasteiger partial charge in [-0.15, -0.1) is 0 Å². The molecule has 2 N–H and O–H groups in total. The quantitative estimate of drug-likeness (QED) is 0.895. The highest BCUT2D eigenvalue weighted by Gasteiger charge is 2.33. The normalized spacial score (nSPS) is 20.7. The van der Waals surface area contributed by atoms with Crippen molar-refractivity contribution in [3.63, 3.8) is 0 Å². The second-order valence-electron chi connectivity index (χ2n) is 4.63. The van der Waals surface area contributed by atoms with E-state index in [1.807, 2.05) is 25.1 Å². The summed E-state index contributed by atoms with van der Waals surface area (Å²) in [6.07, 6.45) is 1.41. The van der Waals surface area contributed by atoms with E-state index in [9.17, 15) is 8.42 Å². The van der Waals surface area contributed by atoms with Crippen LogP contribution >= 0.6 is 0 Å². The van der Waals surface area contributed by atoms with Crippen molar-refractivity contribution in [1.82, 2.24) is 4.31 Å². The van der Waals surface area contributed by atoms with Crippen molar-refractivity contribution in [2.75, 3.05) is 18.8 Å². The smallest absolute Gasteiger partial charge is 0.214 e. The second-order valence-corrected chi connectivity index (χ2v) is 6.67. The first-order valence-corrected chi connectivity index (χ1v) is 7.98. The van der Waals surface area contributed by atoms with Gasteiger partial charge in [0, 0.05) is 13.1 Å². The molecule has 0 bridgehead atoms. The van der Waals surface area contributed by atoms with E-state index in [0.29, 0.717) is 19.5 Å². The lowest BCUT2D eigenvalue weighted by atomic mass is 9.94. The molecule has 0 fully saturated rings. The third kappa shape index (κ3) is 2.43. The van der Waals surface area contributed by atoms with Crippen LogP contribution in [0, 0.1) is 0 Å². The molecule has 1 unspecified atom stereocenters. The van der Waals surface area contributed by atoms with E-state index >= 15 is 0 Å². The SMILES string of the molecule is CCCS(=O)(=O)N1CCc2ccccc2C1CN. The van der Waals surface area contributed by atoms with Gasteiger partial charge in [0.2, 0.25) is 10.0 Å². The van der Waals surface area contributed by atoms with E-state index < -0.39 is 10.0 Å². The fourth-order valence-electron chi connectivity index (χ4n) is 2.58. The number of hydrogen-bond donors (Lipinski definition) is 1. The molecule has 1 aliphatic rings. The third-order valence-corrected chi connectivity index (χ3v) is 5.48. The van der Waals surface area contributed by atoms with Crippen molar-refractivity contribution < 1.29 is 8.42 Å². The van der Waals surface area contributed by atoms with Gasteiger partial charge in [-0.25, -0.2) is 8.42 Å². The van der Waals surface area contributed by atoms with E-state index in [4.69, 9.17) is 5.73 Å². The summed E-state index contributed by atoms with van der Waals surface area (Å²) in [5.74, 6) is 0.200. The van der Waals surface area contributed by atoms with E-state index in [2.05, 4.69) is 6.07 Å². The summed E-state index contributed by atoms with van der Waals surface area (Å²) in [4.78, 5) is 0. The number of nitrogens with zero attached hydrogens (tertiary/aromatic N) is 1. The fourth-order valence-corrected chi connectivity index (χ4v) is 4.29. The van der Waals surface area contributed by atoms with Crippen LogP contribution in [0.2, 0.25) is 0 Å². The lowest BCUT2D eigenvalue weighted by Crippen LogP contribution is -2.44. The average Bonchev–Trinajstić information content (AvgIpc) is 2.37. The summed E-state index contributed by atoms with van der Waals surface area (Å²) in [5, 5.41) is 0. The maximum atomic E-state index is 12.2. The molecule has 18 heavy (non-hydrogen) atoms. The van der Waals surface area contributed by atoms with Crippen LogP contribution in [0.5, 0.6) is 0 Å². The van der Waals surface area contributed by atoms with Crippen LogP contribution in [0.1, 0.15) is 30.5 Å². The van der Waals surface area contributed by atoms with Gasteiger partial charge in [0.05, 0.1) is 11.8 Å². The van der Waals surface area contributed by atoms with Crippen molar-refractivity contribution in [2.24, 2.45) is 5.73 Å². The van der Waals surface area contributed by atoms with Gasteiger partial charge < -0.3 is 5.73 Å². The molecule has 4 nitrogen and oxygen atoms in total. The van der Waals surface area contributed by atoms with Crippen LogP contribution in [0.3, 0.4) is 0 Å². The zero-order chi connectivity index (χ0) is 13.2. The topological polar surface area (TPSA) is 63.4 Å². The number of sulfonamides is 1. The number of nitrogens with two attached hydrogens (primary N) is 1. The van der Waals surface area contributed by atoms with Crippen LogP contribution < -0.4 is 5.73 Å². The van der Waals surface area contributed by atoms with Crippen LogP contribution in [0.4, 0.5) is 0 Å². The van der Waals surface area contributed by atoms with E-state index in [1.165, 1.54) is 5.56 Å². The first-order chi connectivity index (χ1) is 8.60. The summed E-state index contributed by atoms with van der Waals surface area (Å²) in [6, 6.07) is 7.77. The fraction of sp³-hybridized carbons (Fsp3) is 0.538. The Balaban J connectivity index is 2.37. The summed E-state index contributed by atoms with van der Waals surface area (Å²) < 4.78 is 26.1. The average molecular weight is 268 g/mol. The van der Waals surface area contributed by atoms with Gasteiger partial charge in [-0.3, -0.25) is 0 Å². The molecule has 1 atom stereocenters. The molecule has 100 valence electrons. The molecule has 0 saturated carbocycles. The summed E-state index contributed by atoms with van der Waals surface area (Å²) in [5.41, 5.74) is 8.07. The zero-order valence-corrected chi connectivity index (χ0v) is 11.5. The van der Waals surface area contributed by atoms with Crippen molar-refractivity contribution in [3.05, 3.63) is 35.4 Å². The minimum atomic E-state index is -3.18. The maximum absolute atomic E-state index is 12.2. The molecular formula is C13H20N2O2S. The first-order valence-electron chi connectivity index (χ1n) is 6.37. The molecule has 5 heteroatoms. The first kappa shape index (κ1) is 13.5. The van der Waals surface area contributed by atoms with Gasteiger partial charge in [-0.1, -0.05) is 31.2 Å². The largest absolute Gasteiger partial charge is 0.329 e. The lowest BCUT2D eigenvalue weighted by Gasteiger charge is -2.35. The highest BCUT2D eigenvalue weighted by Crippen LogP contribution is 2.31. The second kappa shape index (κ2) is 5.38. The van der Waals surface area contributed by atoms with Crippen LogP contribution in [0.25, 0.3) is 0 Å². The minimum absolute atomic E-state index is 0.200. The van der Waals surface area contributed by atoms with Crippen molar-refractivity contribution >= 4 is 10.0 Å². The number of rotatable bonds is 4. The Morgan fingerprint density at radius 1 is 1.39 bits per heavy atom. The Morgan fingerprint density at radius 3 is 2.78 bits per heavy atom. The standard InChI is InChI=1S/C13H20N2O2S/c1-2-9-18(16,17)15-8-7-11-5-3-4-6-12(11)13(15)10-14/h3-6,13H,2,7-10,14H2,1H3. The van der Waals surface area contributed by atoms with Gasteiger partial charge >= 0.3 is 0 Å². The zero-order valence-electron chi connectivity index (χ0n) is 10.7. The molecule has 0 spiro atoms. The molecular weight excluding hydrogens is 248 g/mol. The molecule has 0 aliphatic carbocycles. The predicted molar refractivity (Wildman–Crippen MR) is 72.7 cm³/mol. The highest BCUT2D eigenvalue weighted by molar-refractivity contribution is 7.89. The molecule has 0 saturated heterocycles. The van der Waals surface area contributed by atoms with Crippen LogP contribution in [0.15, 0.2) is 24.3 Å². The minimum Gasteiger partial charge on any atom is -0.329 e. The molecule has 2 rings (SSSR count).